The first-order chi connectivity index (χ1) is 27.8. The molecule has 1 saturated heterocycles. The van der Waals surface area contributed by atoms with E-state index in [4.69, 9.17) is 29.6 Å². The maximum atomic E-state index is 12.7. The molecule has 0 aromatic rings. The summed E-state index contributed by atoms with van der Waals surface area (Å²) in [5, 5.41) is 39.8. The Balaban J connectivity index is 2.56. The van der Waals surface area contributed by atoms with Crippen LogP contribution in [-0.2, 0) is 42.2 Å². The highest BCUT2D eigenvalue weighted by Gasteiger charge is 2.35. The first kappa shape index (κ1) is 53.8. The number of carbonyl (C=O) groups is 3. The number of carboxylic acids is 1. The molecule has 58 heavy (non-hydrogen) atoms. The van der Waals surface area contributed by atoms with Gasteiger partial charge in [-0.05, 0) is 32.1 Å². The number of aliphatic hydroxyl groups is 3. The molecule has 0 aromatic heterocycles. The number of carbonyl (C=O) groups excluding carboxylic acids is 2. The van der Waals surface area contributed by atoms with Crippen LogP contribution in [0.5, 0.6) is 0 Å². The average molecular weight is 850 g/mol. The summed E-state index contributed by atoms with van der Waals surface area (Å²) in [4.78, 5) is 46.2. The van der Waals surface area contributed by atoms with Crippen LogP contribution in [0.1, 0.15) is 162 Å². The lowest BCUT2D eigenvalue weighted by Gasteiger charge is -2.36. The van der Waals surface area contributed by atoms with Crippen molar-refractivity contribution in [3.63, 3.8) is 0 Å². The molecule has 8 atom stereocenters. The molecule has 0 spiro atoms. The zero-order chi connectivity index (χ0) is 43.0. The van der Waals surface area contributed by atoms with Crippen molar-refractivity contribution in [1.29, 1.82) is 0 Å². The number of phosphoric ester groups is 1. The van der Waals surface area contributed by atoms with Gasteiger partial charge in [-0.2, -0.15) is 0 Å². The molecule has 0 saturated carbocycles. The molecule has 0 amide bonds. The van der Waals surface area contributed by atoms with Crippen LogP contribution in [0, 0.1) is 5.92 Å². The largest absolute Gasteiger partial charge is 0.480 e. The molecule has 7 N–H and O–H groups in total. The number of unbranched alkanes of at least 4 members (excludes halogenated alkanes) is 15. The van der Waals surface area contributed by atoms with Gasteiger partial charge in [-0.25, -0.2) is 4.57 Å². The van der Waals surface area contributed by atoms with Crippen LogP contribution in [0.3, 0.4) is 0 Å². The number of nitrogens with two attached hydrogens (primary N) is 1. The van der Waals surface area contributed by atoms with Gasteiger partial charge in [0.25, 0.3) is 0 Å². The van der Waals surface area contributed by atoms with Crippen LogP contribution >= 0.6 is 7.82 Å². The Morgan fingerprint density at radius 3 is 1.98 bits per heavy atom. The molecule has 338 valence electrons. The molecule has 0 aromatic carbocycles. The monoisotopic (exact) mass is 850 g/mol. The quantitative estimate of drug-likeness (QED) is 0.0159. The van der Waals surface area contributed by atoms with Crippen molar-refractivity contribution >= 4 is 25.7 Å². The van der Waals surface area contributed by atoms with Crippen LogP contribution in [0.25, 0.3) is 0 Å². The zero-order valence-electron chi connectivity index (χ0n) is 35.2. The van der Waals surface area contributed by atoms with Gasteiger partial charge in [0.2, 0.25) is 0 Å². The number of phosphoric acid groups is 1. The molecule has 0 bridgehead atoms. The summed E-state index contributed by atoms with van der Waals surface area (Å²) < 4.78 is 38.3. The SMILES string of the molecule is CCCCCCCCCCCCCCCC(=O)OC[C@H](COP(=O)(O)OC[C@H](N)C(=O)O)OC(=O)CCC/C=C\C[C@H]1[C@@H](O)CC(O)O[C@@H]1/C=C/[C@@H](O)CCCCC. The van der Waals surface area contributed by atoms with Gasteiger partial charge in [0.1, 0.15) is 12.6 Å². The van der Waals surface area contributed by atoms with E-state index < -0.39 is 82.3 Å². The van der Waals surface area contributed by atoms with E-state index in [2.05, 4.69) is 18.4 Å². The molecule has 1 rings (SSSR count). The van der Waals surface area contributed by atoms with Crippen molar-refractivity contribution in [1.82, 2.24) is 0 Å². The fraction of sp³-hybridized carbons (Fsp3) is 0.833. The Morgan fingerprint density at radius 2 is 1.36 bits per heavy atom. The Labute approximate surface area is 346 Å². The van der Waals surface area contributed by atoms with Gasteiger partial charge < -0.3 is 45.3 Å². The number of hydrogen-bond acceptors (Lipinski definition) is 13. The number of rotatable bonds is 36. The summed E-state index contributed by atoms with van der Waals surface area (Å²) >= 11 is 0. The van der Waals surface area contributed by atoms with Crippen molar-refractivity contribution in [2.24, 2.45) is 11.7 Å². The highest BCUT2D eigenvalue weighted by atomic mass is 31.2. The number of aliphatic hydroxyl groups excluding tert-OH is 3. The Morgan fingerprint density at radius 1 is 0.793 bits per heavy atom. The third kappa shape index (κ3) is 28.3. The van der Waals surface area contributed by atoms with Gasteiger partial charge in [-0.3, -0.25) is 23.4 Å². The Hall–Kier alpha value is -2.20. The van der Waals surface area contributed by atoms with Crippen molar-refractivity contribution < 1.29 is 67.5 Å². The van der Waals surface area contributed by atoms with Gasteiger partial charge in [-0.15, -0.1) is 0 Å². The third-order valence-corrected chi connectivity index (χ3v) is 10.9. The molecular formula is C42H76NO14P. The number of aliphatic carboxylic acids is 1. The molecule has 1 aliphatic heterocycles. The van der Waals surface area contributed by atoms with E-state index in [0.717, 1.165) is 38.5 Å². The Kier molecular flexibility index (Phi) is 31.1. The van der Waals surface area contributed by atoms with Crippen LogP contribution in [0.15, 0.2) is 24.3 Å². The average Bonchev–Trinajstić information content (AvgIpc) is 3.17. The molecule has 16 heteroatoms. The van der Waals surface area contributed by atoms with Gasteiger partial charge in [-0.1, -0.05) is 134 Å². The predicted molar refractivity (Wildman–Crippen MR) is 220 cm³/mol. The van der Waals surface area contributed by atoms with E-state index in [1.807, 2.05) is 12.2 Å². The van der Waals surface area contributed by atoms with E-state index in [1.54, 1.807) is 12.2 Å². The van der Waals surface area contributed by atoms with Crippen molar-refractivity contribution in [3.05, 3.63) is 24.3 Å². The minimum atomic E-state index is -4.79. The third-order valence-electron chi connectivity index (χ3n) is 10.00. The first-order valence-electron chi connectivity index (χ1n) is 21.8. The lowest BCUT2D eigenvalue weighted by atomic mass is 9.87. The lowest BCUT2D eigenvalue weighted by Crippen LogP contribution is -2.43. The van der Waals surface area contributed by atoms with Crippen LogP contribution in [0.4, 0.5) is 0 Å². The summed E-state index contributed by atoms with van der Waals surface area (Å²) in [5.74, 6) is -2.95. The fourth-order valence-electron chi connectivity index (χ4n) is 6.46. The van der Waals surface area contributed by atoms with Gasteiger partial charge in [0.05, 0.1) is 31.5 Å². The van der Waals surface area contributed by atoms with Gasteiger partial charge >= 0.3 is 25.7 Å². The van der Waals surface area contributed by atoms with E-state index >= 15 is 0 Å². The van der Waals surface area contributed by atoms with E-state index in [9.17, 15) is 39.2 Å². The summed E-state index contributed by atoms with van der Waals surface area (Å²) in [6.07, 6.45) is 22.9. The molecule has 15 nitrogen and oxygen atoms in total. The normalized spacial score (nSPS) is 21.2. The van der Waals surface area contributed by atoms with Crippen LogP contribution in [0.2, 0.25) is 0 Å². The number of esters is 2. The van der Waals surface area contributed by atoms with E-state index in [1.165, 1.54) is 57.8 Å². The molecule has 1 heterocycles. The topological polar surface area (TPSA) is 242 Å². The van der Waals surface area contributed by atoms with Crippen molar-refractivity contribution in [2.75, 3.05) is 19.8 Å². The van der Waals surface area contributed by atoms with Gasteiger partial charge in [0.15, 0.2) is 12.4 Å². The number of carboxylic acid groups (broad SMARTS) is 1. The molecule has 1 fully saturated rings. The number of ether oxygens (including phenoxy) is 3. The summed E-state index contributed by atoms with van der Waals surface area (Å²) in [6, 6.07) is -1.57. The van der Waals surface area contributed by atoms with Gasteiger partial charge in [0, 0.05) is 25.2 Å². The standard InChI is InChI=1S/C42H76NO14P/c1-3-5-7-8-9-10-11-12-13-14-15-16-21-25-39(46)53-30-34(31-54-58(51,52)55-32-36(43)42(49)50)56-40(47)26-22-18-17-20-24-35-37(45)29-41(48)57-38(35)28-27-33(44)23-19-6-4-2/h17,20,27-28,33-38,41,44-45,48H,3-16,18-19,21-26,29-32,43H2,1-2H3,(H,49,50)(H,51,52)/b20-17-,28-27+/t33-,34+,35-,36-,37-,38+,41?/m0/s1. The number of allylic oxidation sites excluding steroid dienone is 2. The highest BCUT2D eigenvalue weighted by Crippen LogP contribution is 2.43. The fourth-order valence-corrected chi connectivity index (χ4v) is 7.24. The summed E-state index contributed by atoms with van der Waals surface area (Å²) in [5.41, 5.74) is 5.33. The van der Waals surface area contributed by atoms with Crippen LogP contribution in [-0.4, -0.2) is 99.8 Å². The minimum Gasteiger partial charge on any atom is -0.480 e. The molecule has 0 aliphatic carbocycles. The second kappa shape index (κ2) is 33.5. The van der Waals surface area contributed by atoms with E-state index in [0.29, 0.717) is 32.1 Å². The highest BCUT2D eigenvalue weighted by molar-refractivity contribution is 7.47. The lowest BCUT2D eigenvalue weighted by molar-refractivity contribution is -0.199. The maximum Gasteiger partial charge on any atom is 0.472 e. The molecule has 0 radical (unpaired) electrons. The maximum absolute atomic E-state index is 12.7. The molecule has 2 unspecified atom stereocenters. The van der Waals surface area contributed by atoms with Crippen molar-refractivity contribution in [2.45, 2.75) is 198 Å². The second-order valence-electron chi connectivity index (χ2n) is 15.4. The zero-order valence-corrected chi connectivity index (χ0v) is 36.1. The summed E-state index contributed by atoms with van der Waals surface area (Å²) in [7, 11) is -4.79. The van der Waals surface area contributed by atoms with Crippen LogP contribution < -0.4 is 5.73 Å². The Bertz CT molecular complexity index is 1200. The van der Waals surface area contributed by atoms with Crippen molar-refractivity contribution in [3.8, 4) is 0 Å². The number of hydrogen-bond donors (Lipinski definition) is 6. The summed E-state index contributed by atoms with van der Waals surface area (Å²) in [6.45, 7) is 2.41. The first-order valence-corrected chi connectivity index (χ1v) is 23.3. The second-order valence-corrected chi connectivity index (χ2v) is 16.8. The van der Waals surface area contributed by atoms with E-state index in [-0.39, 0.29) is 25.2 Å². The minimum absolute atomic E-state index is 0.0306. The molecular weight excluding hydrogens is 773 g/mol. The molecule has 1 aliphatic rings. The smallest absolute Gasteiger partial charge is 0.472 e. The predicted octanol–water partition coefficient (Wildman–Crippen LogP) is 7.17.